The van der Waals surface area contributed by atoms with E-state index >= 15 is 0 Å². The summed E-state index contributed by atoms with van der Waals surface area (Å²) in [6, 6.07) is 10.2. The Hall–Kier alpha value is -3.99. The zero-order valence-electron chi connectivity index (χ0n) is 20.3. The Labute approximate surface area is 221 Å². The second-order valence-corrected chi connectivity index (χ2v) is 9.71. The van der Waals surface area contributed by atoms with Crippen LogP contribution in [0.25, 0.3) is 22.0 Å². The van der Waals surface area contributed by atoms with Gasteiger partial charge in [0.05, 0.1) is 5.52 Å². The Balaban J connectivity index is 1.41. The monoisotopic (exact) mass is 561 g/mol. The Morgan fingerprint density at radius 1 is 1.11 bits per heavy atom. The third kappa shape index (κ3) is 5.12. The largest absolute Gasteiger partial charge is 0.329 e. The van der Waals surface area contributed by atoms with Crippen molar-refractivity contribution < 1.29 is 14.4 Å². The molecule has 1 saturated heterocycles. The number of Topliss-reactive ketones (excluding diaryl/α,β-unsaturated/α-hetero) is 1. The summed E-state index contributed by atoms with van der Waals surface area (Å²) >= 11 is 3.29. The number of carbonyl (C=O) groups is 3. The van der Waals surface area contributed by atoms with E-state index in [2.05, 4.69) is 41.3 Å². The minimum Gasteiger partial charge on any atom is -0.329 e. The van der Waals surface area contributed by atoms with Crippen molar-refractivity contribution in [2.24, 2.45) is 0 Å². The zero-order chi connectivity index (χ0) is 26.1. The molecule has 1 N–H and O–H groups in total. The molecule has 3 aromatic heterocycles. The number of nitrogens with one attached hydrogen (secondary N) is 1. The van der Waals surface area contributed by atoms with E-state index in [0.717, 1.165) is 11.1 Å². The molecule has 11 heteroatoms. The zero-order valence-corrected chi connectivity index (χ0v) is 21.9. The number of halogens is 1. The van der Waals surface area contributed by atoms with Crippen LogP contribution in [0.15, 0.2) is 53.4 Å². The van der Waals surface area contributed by atoms with Crippen LogP contribution in [-0.4, -0.2) is 59.8 Å². The summed E-state index contributed by atoms with van der Waals surface area (Å²) in [7, 11) is 0. The number of pyridine rings is 1. The number of nitrogens with zero attached hydrogens (tertiary/aromatic N) is 6. The summed E-state index contributed by atoms with van der Waals surface area (Å²) in [4.78, 5) is 53.0. The van der Waals surface area contributed by atoms with E-state index < -0.39 is 6.04 Å². The lowest BCUT2D eigenvalue weighted by atomic mass is 10.1. The molecule has 1 aliphatic heterocycles. The first-order chi connectivity index (χ1) is 17.8. The summed E-state index contributed by atoms with van der Waals surface area (Å²) < 4.78 is 2.14. The topological polar surface area (TPSA) is 123 Å². The molecule has 1 aliphatic rings. The highest BCUT2D eigenvalue weighted by Gasteiger charge is 2.34. The van der Waals surface area contributed by atoms with Crippen molar-refractivity contribution in [2.45, 2.75) is 39.3 Å². The fourth-order valence-electron chi connectivity index (χ4n) is 4.52. The van der Waals surface area contributed by atoms with Crippen molar-refractivity contribution in [1.82, 2.24) is 29.6 Å². The number of aromatic nitrogens is 5. The normalized spacial score (nSPS) is 15.2. The highest BCUT2D eigenvalue weighted by Crippen LogP contribution is 2.27. The molecule has 10 nitrogen and oxygen atoms in total. The first-order valence-corrected chi connectivity index (χ1v) is 12.6. The van der Waals surface area contributed by atoms with Crippen LogP contribution in [0, 0.1) is 6.92 Å². The number of aryl methyl sites for hydroxylation is 1. The van der Waals surface area contributed by atoms with E-state index in [1.54, 1.807) is 35.5 Å². The SMILES string of the molecule is CC(=O)c1nn(CC(=O)N2CCC[C@H]2C(=O)Nc2cccc(Br)n2)c2cc(-c3cnc(C)nc3)ccc12. The maximum atomic E-state index is 13.4. The molecule has 1 aromatic carbocycles. The first-order valence-electron chi connectivity index (χ1n) is 11.8. The lowest BCUT2D eigenvalue weighted by Gasteiger charge is -2.24. The lowest BCUT2D eigenvalue weighted by molar-refractivity contribution is -0.137. The fraction of sp³-hybridized carbons (Fsp3) is 0.269. The van der Waals surface area contributed by atoms with E-state index in [1.165, 1.54) is 11.6 Å². The first kappa shape index (κ1) is 24.7. The second-order valence-electron chi connectivity index (χ2n) is 8.89. The van der Waals surface area contributed by atoms with Gasteiger partial charge in [0, 0.05) is 36.8 Å². The third-order valence-corrected chi connectivity index (χ3v) is 6.77. The van der Waals surface area contributed by atoms with Crippen LogP contribution in [0.5, 0.6) is 0 Å². The number of hydrogen-bond donors (Lipinski definition) is 1. The molecule has 188 valence electrons. The predicted octanol–water partition coefficient (Wildman–Crippen LogP) is 3.79. The quantitative estimate of drug-likeness (QED) is 0.280. The Bertz CT molecular complexity index is 1520. The number of benzene rings is 1. The van der Waals surface area contributed by atoms with Crippen LogP contribution in [0.2, 0.25) is 0 Å². The number of carbonyl (C=O) groups excluding carboxylic acids is 3. The minimum absolute atomic E-state index is 0.101. The minimum atomic E-state index is -0.609. The summed E-state index contributed by atoms with van der Waals surface area (Å²) in [5.41, 5.74) is 2.60. The van der Waals surface area contributed by atoms with Crippen LogP contribution in [0.4, 0.5) is 5.82 Å². The highest BCUT2D eigenvalue weighted by molar-refractivity contribution is 9.10. The highest BCUT2D eigenvalue weighted by atomic mass is 79.9. The fourth-order valence-corrected chi connectivity index (χ4v) is 4.86. The molecular weight excluding hydrogens is 538 g/mol. The van der Waals surface area contributed by atoms with Crippen molar-refractivity contribution in [3.8, 4) is 11.1 Å². The van der Waals surface area contributed by atoms with Crippen molar-refractivity contribution in [3.05, 3.63) is 64.9 Å². The van der Waals surface area contributed by atoms with Gasteiger partial charge in [0.15, 0.2) is 5.78 Å². The summed E-state index contributed by atoms with van der Waals surface area (Å²) in [6.07, 6.45) is 4.73. The number of likely N-dealkylation sites (tertiary alicyclic amines) is 1. The van der Waals surface area contributed by atoms with Gasteiger partial charge in [0.25, 0.3) is 0 Å². The van der Waals surface area contributed by atoms with Crippen molar-refractivity contribution in [2.75, 3.05) is 11.9 Å². The summed E-state index contributed by atoms with van der Waals surface area (Å²) in [5, 5.41) is 7.93. The van der Waals surface area contributed by atoms with Crippen LogP contribution in [-0.2, 0) is 16.1 Å². The molecule has 0 radical (unpaired) electrons. The molecule has 0 bridgehead atoms. The van der Waals surface area contributed by atoms with Gasteiger partial charge >= 0.3 is 0 Å². The van der Waals surface area contributed by atoms with Gasteiger partial charge in [-0.25, -0.2) is 15.0 Å². The number of amides is 2. The molecule has 1 fully saturated rings. The van der Waals surface area contributed by atoms with Crippen molar-refractivity contribution in [3.63, 3.8) is 0 Å². The van der Waals surface area contributed by atoms with E-state index in [4.69, 9.17) is 0 Å². The van der Waals surface area contributed by atoms with Gasteiger partial charge < -0.3 is 10.2 Å². The van der Waals surface area contributed by atoms with Crippen molar-refractivity contribution >= 4 is 50.2 Å². The summed E-state index contributed by atoms with van der Waals surface area (Å²) in [6.45, 7) is 3.63. The molecule has 5 rings (SSSR count). The Morgan fingerprint density at radius 3 is 2.62 bits per heavy atom. The van der Waals surface area contributed by atoms with Gasteiger partial charge in [-0.15, -0.1) is 0 Å². The second kappa shape index (κ2) is 10.2. The van der Waals surface area contributed by atoms with Crippen molar-refractivity contribution in [1.29, 1.82) is 0 Å². The van der Waals surface area contributed by atoms with Gasteiger partial charge in [-0.05, 0) is 65.5 Å². The average Bonchev–Trinajstić information content (AvgIpc) is 3.50. The van der Waals surface area contributed by atoms with E-state index in [1.807, 2.05) is 25.1 Å². The molecule has 1 atom stereocenters. The molecule has 37 heavy (non-hydrogen) atoms. The molecule has 0 spiro atoms. The van der Waals surface area contributed by atoms with Gasteiger partial charge in [-0.3, -0.25) is 19.1 Å². The van der Waals surface area contributed by atoms with Gasteiger partial charge in [-0.2, -0.15) is 5.10 Å². The summed E-state index contributed by atoms with van der Waals surface area (Å²) in [5.74, 6) is 0.355. The third-order valence-electron chi connectivity index (χ3n) is 6.33. The molecular formula is C26H24BrN7O3. The van der Waals surface area contributed by atoms with E-state index in [-0.39, 0.29) is 24.1 Å². The van der Waals surface area contributed by atoms with Gasteiger partial charge in [-0.1, -0.05) is 12.1 Å². The molecule has 0 saturated carbocycles. The van der Waals surface area contributed by atoms with Gasteiger partial charge in [0.1, 0.15) is 34.5 Å². The Kier molecular flexibility index (Phi) is 6.79. The molecule has 0 aliphatic carbocycles. The molecule has 2 amide bonds. The van der Waals surface area contributed by atoms with E-state index in [0.29, 0.717) is 52.2 Å². The van der Waals surface area contributed by atoms with Crippen LogP contribution >= 0.6 is 15.9 Å². The maximum Gasteiger partial charge on any atom is 0.248 e. The number of fused-ring (bicyclic) bond motifs is 1. The number of hydrogen-bond acceptors (Lipinski definition) is 7. The molecule has 0 unspecified atom stereocenters. The molecule has 4 aromatic rings. The van der Waals surface area contributed by atoms with E-state index in [9.17, 15) is 14.4 Å². The standard InChI is InChI=1S/C26H24BrN7O3/c1-15(35)25-19-9-8-17(18-12-28-16(2)29-13-18)11-21(19)34(32-25)14-24(36)33-10-4-5-20(33)26(37)31-23-7-3-6-22(27)30-23/h3,6-9,11-13,20H,4-5,10,14H2,1-2H3,(H,30,31,37)/t20-/m0/s1. The number of rotatable bonds is 6. The smallest absolute Gasteiger partial charge is 0.248 e. The number of anilines is 1. The average molecular weight is 562 g/mol. The maximum absolute atomic E-state index is 13.4. The van der Waals surface area contributed by atoms with Crippen LogP contribution in [0.1, 0.15) is 36.1 Å². The lowest BCUT2D eigenvalue weighted by Crippen LogP contribution is -2.44. The van der Waals surface area contributed by atoms with Gasteiger partial charge in [0.2, 0.25) is 11.8 Å². The Morgan fingerprint density at radius 2 is 1.89 bits per heavy atom. The van der Waals surface area contributed by atoms with Crippen LogP contribution in [0.3, 0.4) is 0 Å². The van der Waals surface area contributed by atoms with Crippen LogP contribution < -0.4 is 5.32 Å². The molecule has 4 heterocycles. The predicted molar refractivity (Wildman–Crippen MR) is 141 cm³/mol. The number of ketones is 1.